The number of rotatable bonds is 3. The molecule has 0 amide bonds. The average molecular weight is 273 g/mol. The summed E-state index contributed by atoms with van der Waals surface area (Å²) in [4.78, 5) is 10.8. The quantitative estimate of drug-likeness (QED) is 0.931. The van der Waals surface area contributed by atoms with E-state index >= 15 is 0 Å². The minimum atomic E-state index is 0.476. The molecule has 0 fully saturated rings. The van der Waals surface area contributed by atoms with Gasteiger partial charge in [-0.3, -0.25) is 4.98 Å². The number of aromatic nitrogens is 2. The van der Waals surface area contributed by atoms with Crippen LogP contribution in [0.5, 0.6) is 0 Å². The third-order valence-corrected chi connectivity index (χ3v) is 4.99. The van der Waals surface area contributed by atoms with Crippen molar-refractivity contribution in [2.24, 2.45) is 0 Å². The van der Waals surface area contributed by atoms with E-state index in [9.17, 15) is 0 Å². The summed E-state index contributed by atoms with van der Waals surface area (Å²) in [7, 11) is 2.04. The zero-order chi connectivity index (χ0) is 13.2. The molecule has 0 aromatic carbocycles. The zero-order valence-electron chi connectivity index (χ0n) is 11.4. The molecule has 0 radical (unpaired) electrons. The van der Waals surface area contributed by atoms with Crippen LogP contribution in [0.1, 0.15) is 41.9 Å². The number of aryl methyl sites for hydroxylation is 2. The fourth-order valence-electron chi connectivity index (χ4n) is 2.71. The molecule has 1 aliphatic rings. The lowest BCUT2D eigenvalue weighted by atomic mass is 9.98. The predicted molar refractivity (Wildman–Crippen MR) is 79.5 cm³/mol. The van der Waals surface area contributed by atoms with Crippen molar-refractivity contribution in [1.82, 2.24) is 15.3 Å². The van der Waals surface area contributed by atoms with Crippen LogP contribution >= 0.6 is 11.3 Å². The van der Waals surface area contributed by atoms with Crippen LogP contribution in [-0.2, 0) is 12.8 Å². The average Bonchev–Trinajstić information content (AvgIpc) is 2.90. The van der Waals surface area contributed by atoms with E-state index in [0.717, 1.165) is 23.5 Å². The Labute approximate surface area is 118 Å². The minimum Gasteiger partial charge on any atom is -0.312 e. The Bertz CT molecular complexity index is 577. The van der Waals surface area contributed by atoms with Crippen LogP contribution < -0.4 is 5.32 Å². The van der Waals surface area contributed by atoms with Crippen molar-refractivity contribution < 1.29 is 0 Å². The normalized spacial score (nSPS) is 18.3. The van der Waals surface area contributed by atoms with Crippen LogP contribution in [-0.4, -0.2) is 17.0 Å². The maximum absolute atomic E-state index is 4.84. The molecule has 0 saturated carbocycles. The zero-order valence-corrected chi connectivity index (χ0v) is 12.3. The van der Waals surface area contributed by atoms with E-state index in [1.54, 1.807) is 0 Å². The molecule has 0 aliphatic heterocycles. The standard InChI is InChI=1S/C15H19N3S/c1-3-10-6-5-9-17-13(10)15-18-12-8-4-7-11(16-2)14(12)19-15/h5-6,9,11,16H,3-4,7-8H2,1-2H3. The first-order valence-electron chi connectivity index (χ1n) is 6.94. The summed E-state index contributed by atoms with van der Waals surface area (Å²) in [5, 5.41) is 4.49. The molecule has 4 heteroatoms. The van der Waals surface area contributed by atoms with Gasteiger partial charge < -0.3 is 5.32 Å². The van der Waals surface area contributed by atoms with Crippen molar-refractivity contribution in [2.45, 2.75) is 38.6 Å². The van der Waals surface area contributed by atoms with Gasteiger partial charge in [0, 0.05) is 17.1 Å². The number of hydrogen-bond acceptors (Lipinski definition) is 4. The van der Waals surface area contributed by atoms with Gasteiger partial charge in [0.2, 0.25) is 0 Å². The van der Waals surface area contributed by atoms with Gasteiger partial charge in [0.05, 0.1) is 5.69 Å². The highest BCUT2D eigenvalue weighted by Crippen LogP contribution is 2.37. The van der Waals surface area contributed by atoms with E-state index in [4.69, 9.17) is 4.98 Å². The predicted octanol–water partition coefficient (Wildman–Crippen LogP) is 3.36. The molecule has 2 aromatic heterocycles. The fraction of sp³-hybridized carbons (Fsp3) is 0.467. The van der Waals surface area contributed by atoms with Gasteiger partial charge in [-0.15, -0.1) is 11.3 Å². The molecule has 0 spiro atoms. The van der Waals surface area contributed by atoms with Crippen molar-refractivity contribution in [3.8, 4) is 10.7 Å². The number of nitrogens with one attached hydrogen (secondary N) is 1. The highest BCUT2D eigenvalue weighted by Gasteiger charge is 2.24. The lowest BCUT2D eigenvalue weighted by Gasteiger charge is -2.19. The third kappa shape index (κ3) is 2.30. The third-order valence-electron chi connectivity index (χ3n) is 3.77. The van der Waals surface area contributed by atoms with Crippen molar-refractivity contribution >= 4 is 11.3 Å². The maximum Gasteiger partial charge on any atom is 0.142 e. The summed E-state index contributed by atoms with van der Waals surface area (Å²) >= 11 is 1.81. The van der Waals surface area contributed by atoms with Gasteiger partial charge in [0.25, 0.3) is 0 Å². The van der Waals surface area contributed by atoms with Crippen molar-refractivity contribution in [3.05, 3.63) is 34.5 Å². The van der Waals surface area contributed by atoms with E-state index < -0.39 is 0 Å². The second-order valence-corrected chi connectivity index (χ2v) is 5.96. The SMILES string of the molecule is CCc1cccnc1-c1nc2c(s1)C(NC)CCC2. The first kappa shape index (κ1) is 12.8. The molecule has 2 aromatic rings. The van der Waals surface area contributed by atoms with Gasteiger partial charge in [-0.1, -0.05) is 13.0 Å². The van der Waals surface area contributed by atoms with Gasteiger partial charge in [-0.2, -0.15) is 0 Å². The largest absolute Gasteiger partial charge is 0.312 e. The molecule has 1 unspecified atom stereocenters. The lowest BCUT2D eigenvalue weighted by Crippen LogP contribution is -2.19. The monoisotopic (exact) mass is 273 g/mol. The summed E-state index contributed by atoms with van der Waals surface area (Å²) in [6.07, 6.45) is 6.42. The molecule has 19 heavy (non-hydrogen) atoms. The molecule has 0 saturated heterocycles. The van der Waals surface area contributed by atoms with Gasteiger partial charge in [0.1, 0.15) is 10.7 Å². The fourth-order valence-corrected chi connectivity index (χ4v) is 4.00. The van der Waals surface area contributed by atoms with Gasteiger partial charge in [0.15, 0.2) is 0 Å². The first-order chi connectivity index (χ1) is 9.33. The lowest BCUT2D eigenvalue weighted by molar-refractivity contribution is 0.501. The highest BCUT2D eigenvalue weighted by molar-refractivity contribution is 7.15. The van der Waals surface area contributed by atoms with Crippen LogP contribution in [0.3, 0.4) is 0 Å². The minimum absolute atomic E-state index is 0.476. The molecule has 1 aliphatic carbocycles. The summed E-state index contributed by atoms with van der Waals surface area (Å²) in [6, 6.07) is 4.63. The van der Waals surface area contributed by atoms with Crippen LogP contribution in [0, 0.1) is 0 Å². The van der Waals surface area contributed by atoms with E-state index in [1.807, 2.05) is 30.6 Å². The van der Waals surface area contributed by atoms with Crippen LogP contribution in [0.4, 0.5) is 0 Å². The number of hydrogen-bond donors (Lipinski definition) is 1. The molecular formula is C15H19N3S. The summed E-state index contributed by atoms with van der Waals surface area (Å²) in [5.74, 6) is 0. The van der Waals surface area contributed by atoms with E-state index in [1.165, 1.54) is 29.0 Å². The Balaban J connectivity index is 2.05. The molecule has 2 heterocycles. The number of pyridine rings is 1. The number of thiazole rings is 1. The second kappa shape index (κ2) is 5.39. The topological polar surface area (TPSA) is 37.8 Å². The summed E-state index contributed by atoms with van der Waals surface area (Å²) in [6.45, 7) is 2.17. The Morgan fingerprint density at radius 3 is 3.16 bits per heavy atom. The van der Waals surface area contributed by atoms with Gasteiger partial charge >= 0.3 is 0 Å². The first-order valence-corrected chi connectivity index (χ1v) is 7.76. The van der Waals surface area contributed by atoms with Gasteiger partial charge in [-0.25, -0.2) is 4.98 Å². The molecular weight excluding hydrogens is 254 g/mol. The molecule has 0 bridgehead atoms. The van der Waals surface area contributed by atoms with E-state index in [0.29, 0.717) is 6.04 Å². The van der Waals surface area contributed by atoms with Crippen molar-refractivity contribution in [2.75, 3.05) is 7.05 Å². The number of fused-ring (bicyclic) bond motifs is 1. The number of nitrogens with zero attached hydrogens (tertiary/aromatic N) is 2. The van der Waals surface area contributed by atoms with Crippen LogP contribution in [0.25, 0.3) is 10.7 Å². The van der Waals surface area contributed by atoms with Crippen LogP contribution in [0.2, 0.25) is 0 Å². The molecule has 1 atom stereocenters. The molecule has 100 valence electrons. The summed E-state index contributed by atoms with van der Waals surface area (Å²) in [5.41, 5.74) is 3.63. The summed E-state index contributed by atoms with van der Waals surface area (Å²) < 4.78 is 0. The van der Waals surface area contributed by atoms with Crippen molar-refractivity contribution in [3.63, 3.8) is 0 Å². The second-order valence-electron chi connectivity index (χ2n) is 4.93. The molecule has 1 N–H and O–H groups in total. The molecule has 3 nitrogen and oxygen atoms in total. The van der Waals surface area contributed by atoms with E-state index in [-0.39, 0.29) is 0 Å². The Hall–Kier alpha value is -1.26. The Kier molecular flexibility index (Phi) is 3.62. The van der Waals surface area contributed by atoms with Crippen LogP contribution in [0.15, 0.2) is 18.3 Å². The highest BCUT2D eigenvalue weighted by atomic mass is 32.1. The van der Waals surface area contributed by atoms with Crippen molar-refractivity contribution in [1.29, 1.82) is 0 Å². The van der Waals surface area contributed by atoms with Gasteiger partial charge in [-0.05, 0) is 44.4 Å². The Morgan fingerprint density at radius 2 is 2.37 bits per heavy atom. The van der Waals surface area contributed by atoms with E-state index in [2.05, 4.69) is 23.3 Å². The molecule has 3 rings (SSSR count). The smallest absolute Gasteiger partial charge is 0.142 e. The Morgan fingerprint density at radius 1 is 1.47 bits per heavy atom. The maximum atomic E-state index is 4.84.